The average Bonchev–Trinajstić information content (AvgIpc) is 1.90. The van der Waals surface area contributed by atoms with Gasteiger partial charge in [-0.3, -0.25) is 10.0 Å². The van der Waals surface area contributed by atoms with E-state index in [-0.39, 0.29) is 0 Å². The number of hydrogen-bond donors (Lipinski definition) is 3. The first-order valence-corrected chi connectivity index (χ1v) is 2.83. The monoisotopic (exact) mass is 149 g/mol. The summed E-state index contributed by atoms with van der Waals surface area (Å²) in [5.41, 5.74) is 0. The quantitative estimate of drug-likeness (QED) is 0.339. The summed E-state index contributed by atoms with van der Waals surface area (Å²) in [5.74, 6) is -0.604. The van der Waals surface area contributed by atoms with Crippen LogP contribution in [0.1, 0.15) is 6.92 Å². The molecule has 0 atom stereocenters. The van der Waals surface area contributed by atoms with Gasteiger partial charge in [-0.2, -0.15) is 0 Å². The van der Waals surface area contributed by atoms with E-state index >= 15 is 0 Å². The maximum atomic E-state index is 10.4. The first kappa shape index (κ1) is 9.35. The Bertz CT molecular complexity index is 112. The van der Waals surface area contributed by atoms with E-state index in [1.807, 2.05) is 0 Å². The van der Waals surface area contributed by atoms with Crippen LogP contribution >= 0.6 is 0 Å². The van der Waals surface area contributed by atoms with Crippen LogP contribution in [-0.4, -0.2) is 45.6 Å². The number of carbonyl (C=O) groups excluding carboxylic acids is 1. The molecule has 0 aromatic rings. The van der Waals surface area contributed by atoms with Crippen molar-refractivity contribution in [1.82, 2.24) is 5.06 Å². The van der Waals surface area contributed by atoms with E-state index in [2.05, 4.69) is 0 Å². The predicted octanol–water partition coefficient (Wildman–Crippen LogP) is -1.42. The number of carbonyl (C=O) groups is 1. The maximum Gasteiger partial charge on any atom is 0.243 e. The van der Waals surface area contributed by atoms with Gasteiger partial charge in [0, 0.05) is 6.92 Å². The van der Waals surface area contributed by atoms with Crippen molar-refractivity contribution >= 4 is 5.91 Å². The Morgan fingerprint density at radius 1 is 1.50 bits per heavy atom. The average molecular weight is 149 g/mol. The van der Waals surface area contributed by atoms with Gasteiger partial charge in [-0.15, -0.1) is 0 Å². The van der Waals surface area contributed by atoms with Crippen LogP contribution in [0.3, 0.4) is 0 Å². The van der Waals surface area contributed by atoms with E-state index in [0.717, 1.165) is 6.92 Å². The number of hydroxylamine groups is 2. The molecule has 0 bridgehead atoms. The van der Waals surface area contributed by atoms with Crippen molar-refractivity contribution < 1.29 is 20.2 Å². The Balaban J connectivity index is 3.88. The van der Waals surface area contributed by atoms with E-state index in [1.165, 1.54) is 0 Å². The van der Waals surface area contributed by atoms with Crippen LogP contribution < -0.4 is 0 Å². The van der Waals surface area contributed by atoms with Crippen LogP contribution in [0.5, 0.6) is 0 Å². The summed E-state index contributed by atoms with van der Waals surface area (Å²) in [6, 6.07) is -0.905. The topological polar surface area (TPSA) is 81.0 Å². The molecule has 0 aromatic heterocycles. The lowest BCUT2D eigenvalue weighted by atomic mass is 10.3. The van der Waals surface area contributed by atoms with Crippen molar-refractivity contribution in [2.45, 2.75) is 13.0 Å². The molecule has 5 nitrogen and oxygen atoms in total. The van der Waals surface area contributed by atoms with Gasteiger partial charge in [-0.25, -0.2) is 5.06 Å². The molecule has 0 aromatic carbocycles. The third-order valence-electron chi connectivity index (χ3n) is 1.09. The van der Waals surface area contributed by atoms with Crippen molar-refractivity contribution in [3.63, 3.8) is 0 Å². The number of aliphatic hydroxyl groups excluding tert-OH is 2. The van der Waals surface area contributed by atoms with Crippen molar-refractivity contribution in [3.05, 3.63) is 0 Å². The van der Waals surface area contributed by atoms with Crippen LogP contribution in [0, 0.1) is 0 Å². The fourth-order valence-electron chi connectivity index (χ4n) is 0.470. The summed E-state index contributed by atoms with van der Waals surface area (Å²) < 4.78 is 0. The summed E-state index contributed by atoms with van der Waals surface area (Å²) >= 11 is 0. The van der Waals surface area contributed by atoms with Gasteiger partial charge >= 0.3 is 0 Å². The van der Waals surface area contributed by atoms with Gasteiger partial charge in [-0.1, -0.05) is 0 Å². The third-order valence-corrected chi connectivity index (χ3v) is 1.09. The third kappa shape index (κ3) is 2.30. The van der Waals surface area contributed by atoms with Crippen LogP contribution in [0.4, 0.5) is 0 Å². The highest BCUT2D eigenvalue weighted by Gasteiger charge is 2.16. The van der Waals surface area contributed by atoms with Gasteiger partial charge in [0.15, 0.2) is 0 Å². The molecule has 0 aliphatic rings. The zero-order chi connectivity index (χ0) is 8.15. The zero-order valence-electron chi connectivity index (χ0n) is 5.69. The summed E-state index contributed by atoms with van der Waals surface area (Å²) in [6.07, 6.45) is 0. The molecule has 5 heteroatoms. The summed E-state index contributed by atoms with van der Waals surface area (Å²) in [7, 11) is 0. The molecule has 0 heterocycles. The lowest BCUT2D eigenvalue weighted by Crippen LogP contribution is -2.41. The number of hydrogen-bond acceptors (Lipinski definition) is 4. The lowest BCUT2D eigenvalue weighted by molar-refractivity contribution is -0.180. The fourth-order valence-corrected chi connectivity index (χ4v) is 0.470. The van der Waals surface area contributed by atoms with Crippen molar-refractivity contribution in [3.8, 4) is 0 Å². The summed E-state index contributed by atoms with van der Waals surface area (Å²) in [4.78, 5) is 10.4. The van der Waals surface area contributed by atoms with E-state index in [9.17, 15) is 4.79 Å². The number of amides is 1. The van der Waals surface area contributed by atoms with Gasteiger partial charge in [-0.05, 0) is 0 Å². The largest absolute Gasteiger partial charge is 0.394 e. The normalized spacial score (nSPS) is 10.1. The molecule has 0 saturated heterocycles. The van der Waals surface area contributed by atoms with Gasteiger partial charge < -0.3 is 10.2 Å². The molecule has 10 heavy (non-hydrogen) atoms. The van der Waals surface area contributed by atoms with Crippen LogP contribution in [-0.2, 0) is 4.79 Å². The minimum atomic E-state index is -0.905. The maximum absolute atomic E-state index is 10.4. The Labute approximate surface area is 58.5 Å². The van der Waals surface area contributed by atoms with Gasteiger partial charge in [0.2, 0.25) is 5.91 Å². The summed E-state index contributed by atoms with van der Waals surface area (Å²) in [5, 5.41) is 25.9. The lowest BCUT2D eigenvalue weighted by Gasteiger charge is -2.20. The van der Waals surface area contributed by atoms with E-state index in [4.69, 9.17) is 15.4 Å². The number of rotatable bonds is 3. The highest BCUT2D eigenvalue weighted by atomic mass is 16.5. The molecule has 3 N–H and O–H groups in total. The van der Waals surface area contributed by atoms with Gasteiger partial charge in [0.1, 0.15) is 6.04 Å². The Morgan fingerprint density at radius 2 is 1.90 bits per heavy atom. The second kappa shape index (κ2) is 4.21. The Kier molecular flexibility index (Phi) is 3.94. The molecule has 0 aliphatic heterocycles. The Morgan fingerprint density at radius 3 is 2.00 bits per heavy atom. The molecule has 0 unspecified atom stereocenters. The zero-order valence-corrected chi connectivity index (χ0v) is 5.69. The predicted molar refractivity (Wildman–Crippen MR) is 32.3 cm³/mol. The van der Waals surface area contributed by atoms with Gasteiger partial charge in [0.05, 0.1) is 13.2 Å². The first-order chi connectivity index (χ1) is 4.63. The molecule has 0 rings (SSSR count). The van der Waals surface area contributed by atoms with Crippen molar-refractivity contribution in [2.24, 2.45) is 0 Å². The second-order valence-corrected chi connectivity index (χ2v) is 1.88. The molecule has 0 fully saturated rings. The molecule has 0 aliphatic carbocycles. The highest BCUT2D eigenvalue weighted by Crippen LogP contribution is 1.93. The smallest absolute Gasteiger partial charge is 0.243 e. The van der Waals surface area contributed by atoms with Crippen LogP contribution in [0.15, 0.2) is 0 Å². The second-order valence-electron chi connectivity index (χ2n) is 1.88. The highest BCUT2D eigenvalue weighted by molar-refractivity contribution is 5.72. The van der Waals surface area contributed by atoms with E-state index in [1.54, 1.807) is 0 Å². The molecular formula is C5H11NO4. The molecular weight excluding hydrogens is 138 g/mol. The van der Waals surface area contributed by atoms with Gasteiger partial charge in [0.25, 0.3) is 0 Å². The molecule has 0 radical (unpaired) electrons. The SMILES string of the molecule is CC(=O)N(O)C(CO)CO. The summed E-state index contributed by atoms with van der Waals surface area (Å²) in [6.45, 7) is 0.234. The van der Waals surface area contributed by atoms with Crippen LogP contribution in [0.25, 0.3) is 0 Å². The van der Waals surface area contributed by atoms with Crippen LogP contribution in [0.2, 0.25) is 0 Å². The Hall–Kier alpha value is -0.650. The minimum absolute atomic E-state index is 0.306. The minimum Gasteiger partial charge on any atom is -0.394 e. The van der Waals surface area contributed by atoms with E-state index in [0.29, 0.717) is 5.06 Å². The first-order valence-electron chi connectivity index (χ1n) is 2.83. The molecule has 0 saturated carbocycles. The van der Waals surface area contributed by atoms with Crippen molar-refractivity contribution in [1.29, 1.82) is 0 Å². The molecule has 1 amide bonds. The molecule has 60 valence electrons. The number of aliphatic hydroxyl groups is 2. The number of nitrogens with zero attached hydrogens (tertiary/aromatic N) is 1. The fraction of sp³-hybridized carbons (Fsp3) is 0.800. The van der Waals surface area contributed by atoms with E-state index < -0.39 is 25.2 Å². The standard InChI is InChI=1S/C5H11NO4/c1-4(9)6(10)5(2-7)3-8/h5,7-8,10H,2-3H2,1H3. The molecule has 0 spiro atoms. The van der Waals surface area contributed by atoms with Crippen molar-refractivity contribution in [2.75, 3.05) is 13.2 Å².